The predicted octanol–water partition coefficient (Wildman–Crippen LogP) is 0.230. The van der Waals surface area contributed by atoms with Crippen LogP contribution in [0.15, 0.2) is 18.2 Å². The van der Waals surface area contributed by atoms with Gasteiger partial charge in [0.15, 0.2) is 0 Å². The number of phenolic OH excluding ortho intramolecular Hbond substituents is 1. The van der Waals surface area contributed by atoms with Gasteiger partial charge in [0, 0.05) is 12.1 Å². The zero-order valence-corrected chi connectivity index (χ0v) is 8.46. The quantitative estimate of drug-likeness (QED) is 0.181. The first-order valence-electron chi connectivity index (χ1n) is 3.54. The van der Waals surface area contributed by atoms with Gasteiger partial charge >= 0.3 is 10.4 Å². The monoisotopic (exact) mass is 252 g/mol. The van der Waals surface area contributed by atoms with Crippen LogP contribution in [-0.4, -0.2) is 27.6 Å². The van der Waals surface area contributed by atoms with E-state index in [-0.39, 0.29) is 17.1 Å². The van der Waals surface area contributed by atoms with Gasteiger partial charge in [-0.2, -0.15) is 8.42 Å². The largest absolute Gasteiger partial charge is 0.506 e. The SMILES string of the molecule is Nc1cc([N+](=O)[O-])ccc1O.O=S(=O)(O)O. The van der Waals surface area contributed by atoms with Crippen molar-refractivity contribution in [2.75, 3.05) is 5.73 Å². The molecule has 0 unspecified atom stereocenters. The van der Waals surface area contributed by atoms with Crippen molar-refractivity contribution >= 4 is 21.8 Å². The summed E-state index contributed by atoms with van der Waals surface area (Å²) in [5.41, 5.74) is 5.09. The van der Waals surface area contributed by atoms with Crippen LogP contribution in [0.3, 0.4) is 0 Å². The predicted molar refractivity (Wildman–Crippen MR) is 53.4 cm³/mol. The summed E-state index contributed by atoms with van der Waals surface area (Å²) in [5, 5.41) is 19.0. The number of nitrogens with two attached hydrogens (primary N) is 1. The van der Waals surface area contributed by atoms with Crippen LogP contribution in [0, 0.1) is 10.1 Å². The van der Waals surface area contributed by atoms with E-state index in [0.717, 1.165) is 6.07 Å². The maximum atomic E-state index is 10.1. The number of nitro benzene ring substituents is 1. The van der Waals surface area contributed by atoms with Crippen LogP contribution in [-0.2, 0) is 10.4 Å². The van der Waals surface area contributed by atoms with Crippen molar-refractivity contribution in [3.8, 4) is 5.75 Å². The molecule has 16 heavy (non-hydrogen) atoms. The van der Waals surface area contributed by atoms with Gasteiger partial charge in [-0.3, -0.25) is 19.2 Å². The Balaban J connectivity index is 0.000000385. The molecular weight excluding hydrogens is 244 g/mol. The molecule has 0 spiro atoms. The maximum Gasteiger partial charge on any atom is 0.394 e. The Kier molecular flexibility index (Phi) is 4.62. The highest BCUT2D eigenvalue weighted by atomic mass is 32.3. The zero-order valence-electron chi connectivity index (χ0n) is 7.64. The fraction of sp³-hybridized carbons (Fsp3) is 0. The van der Waals surface area contributed by atoms with Crippen LogP contribution in [0.5, 0.6) is 5.75 Å². The number of hydrogen-bond acceptors (Lipinski definition) is 6. The summed E-state index contributed by atoms with van der Waals surface area (Å²) >= 11 is 0. The van der Waals surface area contributed by atoms with Gasteiger partial charge in [0.05, 0.1) is 10.6 Å². The van der Waals surface area contributed by atoms with Crippen LogP contribution in [0.1, 0.15) is 0 Å². The molecule has 0 saturated heterocycles. The van der Waals surface area contributed by atoms with Gasteiger partial charge in [0.1, 0.15) is 5.75 Å². The summed E-state index contributed by atoms with van der Waals surface area (Å²) in [6.07, 6.45) is 0. The van der Waals surface area contributed by atoms with E-state index in [1.54, 1.807) is 0 Å². The van der Waals surface area contributed by atoms with E-state index >= 15 is 0 Å². The van der Waals surface area contributed by atoms with Crippen molar-refractivity contribution in [1.82, 2.24) is 0 Å². The van der Waals surface area contributed by atoms with Gasteiger partial charge in [0.2, 0.25) is 0 Å². The lowest BCUT2D eigenvalue weighted by molar-refractivity contribution is -0.384. The number of nitrogens with zero attached hydrogens (tertiary/aromatic N) is 1. The summed E-state index contributed by atoms with van der Waals surface area (Å²) in [4.78, 5) is 9.56. The second-order valence-electron chi connectivity index (χ2n) is 2.45. The Morgan fingerprint density at radius 3 is 2.06 bits per heavy atom. The molecule has 10 heteroatoms. The molecule has 0 amide bonds. The Labute approximate surface area is 89.9 Å². The molecule has 0 aliphatic carbocycles. The third-order valence-corrected chi connectivity index (χ3v) is 1.22. The number of phenols is 1. The first-order valence-corrected chi connectivity index (χ1v) is 4.93. The third kappa shape index (κ3) is 6.53. The number of hydrogen-bond donors (Lipinski definition) is 4. The Hall–Kier alpha value is -1.91. The molecular formula is C6H8N2O7S. The van der Waals surface area contributed by atoms with Gasteiger partial charge in [0.25, 0.3) is 5.69 Å². The van der Waals surface area contributed by atoms with Gasteiger partial charge in [-0.15, -0.1) is 0 Å². The highest BCUT2D eigenvalue weighted by Crippen LogP contribution is 2.24. The van der Waals surface area contributed by atoms with E-state index in [1.165, 1.54) is 12.1 Å². The molecule has 0 atom stereocenters. The lowest BCUT2D eigenvalue weighted by Gasteiger charge is -1.96. The first kappa shape index (κ1) is 14.1. The summed E-state index contributed by atoms with van der Waals surface area (Å²) in [6, 6.07) is 3.48. The number of aromatic hydroxyl groups is 1. The molecule has 9 nitrogen and oxygen atoms in total. The molecule has 0 aliphatic rings. The molecule has 0 fully saturated rings. The van der Waals surface area contributed by atoms with E-state index in [2.05, 4.69) is 0 Å². The number of anilines is 1. The fourth-order valence-corrected chi connectivity index (χ4v) is 0.655. The molecule has 0 aromatic heterocycles. The number of nitro groups is 1. The molecule has 1 aromatic rings. The molecule has 90 valence electrons. The van der Waals surface area contributed by atoms with Crippen molar-refractivity contribution in [3.05, 3.63) is 28.3 Å². The van der Waals surface area contributed by atoms with Gasteiger partial charge < -0.3 is 10.8 Å². The van der Waals surface area contributed by atoms with Crippen molar-refractivity contribution < 1.29 is 27.6 Å². The standard InChI is InChI=1S/C6H6N2O3.H2O4S/c7-5-3-4(8(10)11)1-2-6(5)9;1-5(2,3)4/h1-3,9H,7H2;(H2,1,2,3,4). The molecule has 1 rings (SSSR count). The van der Waals surface area contributed by atoms with Crippen LogP contribution in [0.4, 0.5) is 11.4 Å². The van der Waals surface area contributed by atoms with Crippen molar-refractivity contribution in [1.29, 1.82) is 0 Å². The highest BCUT2D eigenvalue weighted by molar-refractivity contribution is 7.79. The Morgan fingerprint density at radius 2 is 1.75 bits per heavy atom. The lowest BCUT2D eigenvalue weighted by Crippen LogP contribution is -1.90. The topological polar surface area (TPSA) is 164 Å². The minimum Gasteiger partial charge on any atom is -0.506 e. The second kappa shape index (κ2) is 5.25. The molecule has 0 aliphatic heterocycles. The second-order valence-corrected chi connectivity index (χ2v) is 3.34. The van der Waals surface area contributed by atoms with E-state index in [0.29, 0.717) is 0 Å². The van der Waals surface area contributed by atoms with E-state index in [9.17, 15) is 10.1 Å². The van der Waals surface area contributed by atoms with Crippen molar-refractivity contribution in [3.63, 3.8) is 0 Å². The molecule has 0 saturated carbocycles. The fourth-order valence-electron chi connectivity index (χ4n) is 0.655. The Bertz CT molecular complexity index is 476. The average Bonchev–Trinajstić information content (AvgIpc) is 2.06. The van der Waals surface area contributed by atoms with E-state index < -0.39 is 15.3 Å². The first-order chi connectivity index (χ1) is 7.11. The molecule has 0 radical (unpaired) electrons. The smallest absolute Gasteiger partial charge is 0.394 e. The number of nitrogen functional groups attached to an aromatic ring is 1. The van der Waals surface area contributed by atoms with Gasteiger partial charge in [-0.25, -0.2) is 0 Å². The van der Waals surface area contributed by atoms with Crippen LogP contribution < -0.4 is 5.73 Å². The summed E-state index contributed by atoms with van der Waals surface area (Å²) in [6.45, 7) is 0. The van der Waals surface area contributed by atoms with E-state index in [1.807, 2.05) is 0 Å². The zero-order chi connectivity index (χ0) is 12.9. The Morgan fingerprint density at radius 1 is 1.31 bits per heavy atom. The number of rotatable bonds is 1. The molecule has 0 heterocycles. The highest BCUT2D eigenvalue weighted by Gasteiger charge is 2.06. The summed E-state index contributed by atoms with van der Waals surface area (Å²) in [5.74, 6) is -0.143. The van der Waals surface area contributed by atoms with Gasteiger partial charge in [-0.1, -0.05) is 0 Å². The number of non-ortho nitro benzene ring substituents is 1. The lowest BCUT2D eigenvalue weighted by atomic mass is 10.2. The normalized spacial score (nSPS) is 10.1. The number of benzene rings is 1. The van der Waals surface area contributed by atoms with Crippen molar-refractivity contribution in [2.45, 2.75) is 0 Å². The maximum absolute atomic E-state index is 10.1. The third-order valence-electron chi connectivity index (χ3n) is 1.22. The van der Waals surface area contributed by atoms with Gasteiger partial charge in [-0.05, 0) is 6.07 Å². The molecule has 1 aromatic carbocycles. The minimum absolute atomic E-state index is 0.0131. The van der Waals surface area contributed by atoms with E-state index in [4.69, 9.17) is 28.4 Å². The summed E-state index contributed by atoms with van der Waals surface area (Å²) in [7, 11) is -4.67. The van der Waals surface area contributed by atoms with Crippen LogP contribution in [0.2, 0.25) is 0 Å². The minimum atomic E-state index is -4.67. The summed E-state index contributed by atoms with van der Waals surface area (Å²) < 4.78 is 31.6. The van der Waals surface area contributed by atoms with Crippen molar-refractivity contribution in [2.24, 2.45) is 0 Å². The molecule has 0 bridgehead atoms. The molecule has 5 N–H and O–H groups in total. The average molecular weight is 252 g/mol. The van der Waals surface area contributed by atoms with Crippen LogP contribution in [0.25, 0.3) is 0 Å². The van der Waals surface area contributed by atoms with Crippen LogP contribution >= 0.6 is 0 Å².